The molecular weight excluding hydrogens is 342 g/mol. The van der Waals surface area contributed by atoms with E-state index in [0.29, 0.717) is 0 Å². The van der Waals surface area contributed by atoms with E-state index in [1.807, 2.05) is 11.8 Å². The van der Waals surface area contributed by atoms with Crippen LogP contribution in [0.2, 0.25) is 0 Å². The van der Waals surface area contributed by atoms with Crippen LogP contribution in [0.1, 0.15) is 31.9 Å². The van der Waals surface area contributed by atoms with Gasteiger partial charge >= 0.3 is 0 Å². The standard InChI is InChI=1S/C18H22BrNS/c1-13-6-5-7-16(10-13)21-17-11-15(19)9-8-14(17)12-20-18(2,3)4/h5-11,20H,12H2,1-4H3. The molecule has 0 aromatic heterocycles. The molecule has 112 valence electrons. The van der Waals surface area contributed by atoms with Gasteiger partial charge in [-0.15, -0.1) is 0 Å². The van der Waals surface area contributed by atoms with Gasteiger partial charge in [-0.25, -0.2) is 0 Å². The molecule has 0 aliphatic heterocycles. The third kappa shape index (κ3) is 5.50. The summed E-state index contributed by atoms with van der Waals surface area (Å²) >= 11 is 5.40. The molecule has 1 nitrogen and oxygen atoms in total. The minimum Gasteiger partial charge on any atom is -0.308 e. The monoisotopic (exact) mass is 363 g/mol. The van der Waals surface area contributed by atoms with E-state index in [1.165, 1.54) is 20.9 Å². The van der Waals surface area contributed by atoms with Crippen molar-refractivity contribution >= 4 is 27.7 Å². The summed E-state index contributed by atoms with van der Waals surface area (Å²) in [6.07, 6.45) is 0. The second-order valence-electron chi connectivity index (χ2n) is 6.27. The average Bonchev–Trinajstić information content (AvgIpc) is 2.36. The summed E-state index contributed by atoms with van der Waals surface area (Å²) in [5.74, 6) is 0. The molecule has 2 aromatic carbocycles. The maximum Gasteiger partial charge on any atom is 0.0221 e. The summed E-state index contributed by atoms with van der Waals surface area (Å²) in [5, 5.41) is 3.57. The Morgan fingerprint density at radius 3 is 2.52 bits per heavy atom. The molecule has 2 aromatic rings. The fraction of sp³-hybridized carbons (Fsp3) is 0.333. The Morgan fingerprint density at radius 1 is 1.10 bits per heavy atom. The molecule has 0 fully saturated rings. The molecular formula is C18H22BrNS. The Kier molecular flexibility index (Phi) is 5.53. The van der Waals surface area contributed by atoms with Crippen LogP contribution < -0.4 is 5.32 Å². The summed E-state index contributed by atoms with van der Waals surface area (Å²) in [6, 6.07) is 15.1. The molecule has 3 heteroatoms. The number of halogens is 1. The van der Waals surface area contributed by atoms with Gasteiger partial charge in [0.1, 0.15) is 0 Å². The molecule has 0 bridgehead atoms. The van der Waals surface area contributed by atoms with Gasteiger partial charge in [0.2, 0.25) is 0 Å². The first kappa shape index (κ1) is 16.6. The van der Waals surface area contributed by atoms with Crippen molar-refractivity contribution in [3.05, 3.63) is 58.1 Å². The lowest BCUT2D eigenvalue weighted by atomic mass is 10.1. The van der Waals surface area contributed by atoms with Gasteiger partial charge in [-0.05, 0) is 57.5 Å². The van der Waals surface area contributed by atoms with Crippen molar-refractivity contribution in [3.8, 4) is 0 Å². The summed E-state index contributed by atoms with van der Waals surface area (Å²) in [7, 11) is 0. The highest BCUT2D eigenvalue weighted by Gasteiger charge is 2.11. The Morgan fingerprint density at radius 2 is 1.86 bits per heavy atom. The van der Waals surface area contributed by atoms with Gasteiger partial charge in [0.15, 0.2) is 0 Å². The molecule has 0 unspecified atom stereocenters. The summed E-state index contributed by atoms with van der Waals surface area (Å²) in [6.45, 7) is 9.59. The molecule has 2 rings (SSSR count). The topological polar surface area (TPSA) is 12.0 Å². The van der Waals surface area contributed by atoms with Crippen LogP contribution in [0.15, 0.2) is 56.7 Å². The average molecular weight is 364 g/mol. The highest BCUT2D eigenvalue weighted by molar-refractivity contribution is 9.10. The van der Waals surface area contributed by atoms with Crippen molar-refractivity contribution in [1.29, 1.82) is 0 Å². The first-order chi connectivity index (χ1) is 9.83. The normalized spacial score (nSPS) is 11.7. The number of aryl methyl sites for hydroxylation is 1. The second-order valence-corrected chi connectivity index (χ2v) is 8.31. The van der Waals surface area contributed by atoms with Gasteiger partial charge in [-0.1, -0.05) is 51.5 Å². The summed E-state index contributed by atoms with van der Waals surface area (Å²) in [4.78, 5) is 2.58. The van der Waals surface area contributed by atoms with Crippen LogP contribution in [0, 0.1) is 6.92 Å². The largest absolute Gasteiger partial charge is 0.308 e. The predicted molar refractivity (Wildman–Crippen MR) is 96.0 cm³/mol. The number of benzene rings is 2. The van der Waals surface area contributed by atoms with E-state index in [1.54, 1.807) is 0 Å². The molecule has 1 N–H and O–H groups in total. The smallest absolute Gasteiger partial charge is 0.0221 e. The van der Waals surface area contributed by atoms with E-state index in [4.69, 9.17) is 0 Å². The lowest BCUT2D eigenvalue weighted by molar-refractivity contribution is 0.422. The molecule has 0 amide bonds. The lowest BCUT2D eigenvalue weighted by Crippen LogP contribution is -2.35. The van der Waals surface area contributed by atoms with Crippen molar-refractivity contribution in [2.75, 3.05) is 0 Å². The summed E-state index contributed by atoms with van der Waals surface area (Å²) in [5.41, 5.74) is 2.75. The van der Waals surface area contributed by atoms with Crippen LogP contribution in [-0.4, -0.2) is 5.54 Å². The number of rotatable bonds is 4. The molecule has 0 radical (unpaired) electrons. The van der Waals surface area contributed by atoms with Crippen LogP contribution in [0.4, 0.5) is 0 Å². The van der Waals surface area contributed by atoms with Gasteiger partial charge < -0.3 is 5.32 Å². The van der Waals surface area contributed by atoms with Crippen LogP contribution in [0.5, 0.6) is 0 Å². The molecule has 0 heterocycles. The van der Waals surface area contributed by atoms with E-state index in [9.17, 15) is 0 Å². The maximum absolute atomic E-state index is 3.58. The van der Waals surface area contributed by atoms with E-state index in [0.717, 1.165) is 11.0 Å². The van der Waals surface area contributed by atoms with E-state index in [-0.39, 0.29) is 5.54 Å². The zero-order valence-corrected chi connectivity index (χ0v) is 15.4. The fourth-order valence-electron chi connectivity index (χ4n) is 1.94. The second kappa shape index (κ2) is 6.99. The Balaban J connectivity index is 2.23. The molecule has 21 heavy (non-hydrogen) atoms. The van der Waals surface area contributed by atoms with Crippen molar-refractivity contribution in [3.63, 3.8) is 0 Å². The first-order valence-electron chi connectivity index (χ1n) is 7.11. The number of nitrogens with one attached hydrogen (secondary N) is 1. The van der Waals surface area contributed by atoms with Crippen LogP contribution in [0.3, 0.4) is 0 Å². The van der Waals surface area contributed by atoms with E-state index >= 15 is 0 Å². The molecule has 0 aliphatic rings. The first-order valence-corrected chi connectivity index (χ1v) is 8.72. The predicted octanol–water partition coefficient (Wildman–Crippen LogP) is 5.80. The maximum atomic E-state index is 3.58. The minimum atomic E-state index is 0.123. The zero-order chi connectivity index (χ0) is 15.5. The van der Waals surface area contributed by atoms with E-state index in [2.05, 4.69) is 91.4 Å². The van der Waals surface area contributed by atoms with E-state index < -0.39 is 0 Å². The number of hydrogen-bond donors (Lipinski definition) is 1. The molecule has 0 spiro atoms. The van der Waals surface area contributed by atoms with Gasteiger partial charge in [-0.2, -0.15) is 0 Å². The zero-order valence-electron chi connectivity index (χ0n) is 13.0. The summed E-state index contributed by atoms with van der Waals surface area (Å²) < 4.78 is 1.12. The Hall–Kier alpha value is -0.770. The highest BCUT2D eigenvalue weighted by atomic mass is 79.9. The van der Waals surface area contributed by atoms with Gasteiger partial charge in [0.25, 0.3) is 0 Å². The minimum absolute atomic E-state index is 0.123. The Bertz CT molecular complexity index is 617. The van der Waals surface area contributed by atoms with Gasteiger partial charge in [0.05, 0.1) is 0 Å². The van der Waals surface area contributed by atoms with Gasteiger partial charge in [0, 0.05) is 26.3 Å². The molecule has 0 atom stereocenters. The number of hydrogen-bond acceptors (Lipinski definition) is 2. The molecule has 0 saturated heterocycles. The lowest BCUT2D eigenvalue weighted by Gasteiger charge is -2.21. The van der Waals surface area contributed by atoms with Crippen molar-refractivity contribution in [2.45, 2.75) is 49.6 Å². The third-order valence-corrected chi connectivity index (χ3v) is 4.64. The molecule has 0 saturated carbocycles. The van der Waals surface area contributed by atoms with Crippen LogP contribution in [0.25, 0.3) is 0 Å². The van der Waals surface area contributed by atoms with Crippen molar-refractivity contribution in [2.24, 2.45) is 0 Å². The Labute approximate surface area is 140 Å². The van der Waals surface area contributed by atoms with Crippen molar-refractivity contribution < 1.29 is 0 Å². The van der Waals surface area contributed by atoms with Crippen LogP contribution >= 0.6 is 27.7 Å². The fourth-order valence-corrected chi connectivity index (χ4v) is 3.55. The van der Waals surface area contributed by atoms with Crippen LogP contribution in [-0.2, 0) is 6.54 Å². The van der Waals surface area contributed by atoms with Crippen molar-refractivity contribution in [1.82, 2.24) is 5.32 Å². The third-order valence-electron chi connectivity index (χ3n) is 3.06. The molecule has 0 aliphatic carbocycles. The SMILES string of the molecule is Cc1cccc(Sc2cc(Br)ccc2CNC(C)(C)C)c1. The quantitative estimate of drug-likeness (QED) is 0.736. The highest BCUT2D eigenvalue weighted by Crippen LogP contribution is 2.33. The van der Waals surface area contributed by atoms with Gasteiger partial charge in [-0.3, -0.25) is 0 Å².